The molecule has 3 saturated carbocycles. The number of hydrogen-bond donors (Lipinski definition) is 1. The number of carbonyl (C=O) groups excluding carboxylic acids is 3. The Kier molecular flexibility index (Phi) is 5.27. The fourth-order valence-electron chi connectivity index (χ4n) is 10.1. The maximum atomic E-state index is 13.6. The zero-order valence-corrected chi connectivity index (χ0v) is 23.1. The number of esters is 2. The molecule has 0 unspecified atom stereocenters. The molecule has 11 atom stereocenters. The third-order valence-electron chi connectivity index (χ3n) is 11.4. The van der Waals surface area contributed by atoms with Gasteiger partial charge >= 0.3 is 11.9 Å². The van der Waals surface area contributed by atoms with Crippen molar-refractivity contribution in [3.8, 4) is 0 Å². The Morgan fingerprint density at radius 1 is 1.18 bits per heavy atom. The van der Waals surface area contributed by atoms with Gasteiger partial charge in [0.05, 0.1) is 37.9 Å². The number of methoxy groups -OCH3 is 1. The van der Waals surface area contributed by atoms with Gasteiger partial charge in [-0.2, -0.15) is 0 Å². The normalized spacial score (nSPS) is 48.8. The van der Waals surface area contributed by atoms with Crippen molar-refractivity contribution in [1.82, 2.24) is 0 Å². The van der Waals surface area contributed by atoms with Gasteiger partial charge in [0.15, 0.2) is 0 Å². The van der Waals surface area contributed by atoms with Crippen molar-refractivity contribution >= 4 is 17.7 Å². The lowest BCUT2D eigenvalue weighted by Crippen LogP contribution is -2.65. The summed E-state index contributed by atoms with van der Waals surface area (Å²) in [6.07, 6.45) is 1.95. The van der Waals surface area contributed by atoms with Crippen molar-refractivity contribution in [1.29, 1.82) is 0 Å². The molecule has 0 amide bonds. The molecule has 0 aromatic carbocycles. The molecule has 0 bridgehead atoms. The number of Topliss-reactive ketones (excluding diaryl/α,β-unsaturated/α-hetero) is 1. The molecule has 3 aliphatic carbocycles. The molecule has 2 aliphatic heterocycles. The quantitative estimate of drug-likeness (QED) is 0.462. The maximum Gasteiger partial charge on any atom is 0.347 e. The van der Waals surface area contributed by atoms with Gasteiger partial charge in [-0.05, 0) is 37.3 Å². The number of aliphatic hydroxyl groups is 1. The molecule has 38 heavy (non-hydrogen) atoms. The van der Waals surface area contributed by atoms with Crippen molar-refractivity contribution in [2.24, 2.45) is 28.1 Å². The van der Waals surface area contributed by atoms with Crippen LogP contribution < -0.4 is 0 Å². The lowest BCUT2D eigenvalue weighted by molar-refractivity contribution is -0.192. The van der Waals surface area contributed by atoms with E-state index in [4.69, 9.17) is 23.4 Å². The van der Waals surface area contributed by atoms with Gasteiger partial charge in [-0.1, -0.05) is 27.7 Å². The van der Waals surface area contributed by atoms with E-state index in [0.717, 1.165) is 5.56 Å². The van der Waals surface area contributed by atoms with Gasteiger partial charge in [-0.25, -0.2) is 4.79 Å². The van der Waals surface area contributed by atoms with E-state index in [0.29, 0.717) is 12.8 Å². The van der Waals surface area contributed by atoms with Gasteiger partial charge in [0.25, 0.3) is 0 Å². The Morgan fingerprint density at radius 2 is 1.89 bits per heavy atom. The zero-order valence-electron chi connectivity index (χ0n) is 23.1. The van der Waals surface area contributed by atoms with E-state index in [9.17, 15) is 19.5 Å². The lowest BCUT2D eigenvalue weighted by atomic mass is 9.44. The van der Waals surface area contributed by atoms with E-state index < -0.39 is 63.6 Å². The first kappa shape index (κ1) is 26.0. The number of ether oxygens (including phenoxy) is 4. The predicted octanol–water partition coefficient (Wildman–Crippen LogP) is 3.18. The summed E-state index contributed by atoms with van der Waals surface area (Å²) in [7, 11) is 1.25. The number of ketones is 1. The van der Waals surface area contributed by atoms with E-state index in [-0.39, 0.29) is 30.1 Å². The van der Waals surface area contributed by atoms with Crippen LogP contribution in [0.5, 0.6) is 0 Å². The van der Waals surface area contributed by atoms with Gasteiger partial charge < -0.3 is 28.5 Å². The Bertz CT molecular complexity index is 1190. The van der Waals surface area contributed by atoms with Crippen LogP contribution >= 0.6 is 0 Å². The highest BCUT2D eigenvalue weighted by atomic mass is 16.7. The first-order valence-corrected chi connectivity index (χ1v) is 13.5. The summed E-state index contributed by atoms with van der Waals surface area (Å²) in [6, 6.07) is 1.95. The Morgan fingerprint density at radius 3 is 2.50 bits per heavy atom. The summed E-state index contributed by atoms with van der Waals surface area (Å²) in [5, 5.41) is 11.6. The fourth-order valence-corrected chi connectivity index (χ4v) is 10.1. The zero-order chi connectivity index (χ0) is 27.6. The average Bonchev–Trinajstić information content (AvgIpc) is 3.11. The SMILES string of the molecule is COC(=O)[C@H](OC(C)=O)[C@H]1C(C)(C)C(=O)C[C@@H]2O[C@@H]3C[C@@]4(C)[C@H](c5ccoc5)C[C@H](O)[C@]45O[C@]5(C)[C@H]3[C@@]21C. The Balaban J connectivity index is 1.49. The van der Waals surface area contributed by atoms with Crippen molar-refractivity contribution < 1.29 is 42.9 Å². The predicted molar refractivity (Wildman–Crippen MR) is 132 cm³/mol. The van der Waals surface area contributed by atoms with Crippen molar-refractivity contribution in [3.63, 3.8) is 0 Å². The number of aliphatic hydroxyl groups excluding tert-OH is 1. The number of fused-ring (bicyclic) bond motifs is 4. The maximum absolute atomic E-state index is 13.6. The Hall–Kier alpha value is -2.23. The fraction of sp³-hybridized carbons (Fsp3) is 0.759. The molecule has 9 nitrogen and oxygen atoms in total. The van der Waals surface area contributed by atoms with Gasteiger partial charge in [-0.15, -0.1) is 0 Å². The van der Waals surface area contributed by atoms with Crippen LogP contribution in [0, 0.1) is 28.1 Å². The highest BCUT2D eigenvalue weighted by molar-refractivity contribution is 5.88. The highest BCUT2D eigenvalue weighted by Gasteiger charge is 2.91. The number of hydrogen-bond acceptors (Lipinski definition) is 9. The second-order valence-corrected chi connectivity index (χ2v) is 13.3. The van der Waals surface area contributed by atoms with E-state index in [1.54, 1.807) is 12.5 Å². The molecule has 3 heterocycles. The topological polar surface area (TPSA) is 125 Å². The van der Waals surface area contributed by atoms with Crippen molar-refractivity contribution in [3.05, 3.63) is 24.2 Å². The van der Waals surface area contributed by atoms with E-state index in [1.165, 1.54) is 14.0 Å². The van der Waals surface area contributed by atoms with Crippen LogP contribution in [0.3, 0.4) is 0 Å². The molecule has 2 saturated heterocycles. The van der Waals surface area contributed by atoms with Gasteiger partial charge in [0, 0.05) is 41.4 Å². The summed E-state index contributed by atoms with van der Waals surface area (Å²) in [4.78, 5) is 38.9. The summed E-state index contributed by atoms with van der Waals surface area (Å²) in [5.74, 6) is -2.35. The molecule has 208 valence electrons. The molecule has 1 spiro atoms. The minimum atomic E-state index is -1.29. The minimum absolute atomic E-state index is 0.00999. The number of epoxide rings is 1. The minimum Gasteiger partial charge on any atom is -0.472 e. The standard InChI is InChI=1S/C29H38O9/c1-14(30)36-21(24(33)34-7)23-25(2,3)18(31)11-20-27(23,5)22-17(37-20)12-26(4)16(15-8-9-35-13-15)10-19(32)29(26)28(22,6)38-29/h8-9,13,16-17,19-23,32H,10-12H2,1-7H3/t16-,17+,19-,20-,21+,22+,23-,26-,27+,28+,29-/m0/s1. The monoisotopic (exact) mass is 530 g/mol. The molecule has 1 N–H and O–H groups in total. The van der Waals surface area contributed by atoms with Crippen LogP contribution in [-0.4, -0.2) is 65.6 Å². The average molecular weight is 531 g/mol. The second kappa shape index (κ2) is 7.70. The van der Waals surface area contributed by atoms with Crippen LogP contribution in [0.1, 0.15) is 72.3 Å². The van der Waals surface area contributed by atoms with Gasteiger partial charge in [0.2, 0.25) is 6.10 Å². The largest absolute Gasteiger partial charge is 0.472 e. The van der Waals surface area contributed by atoms with E-state index >= 15 is 0 Å². The van der Waals surface area contributed by atoms with E-state index in [1.807, 2.05) is 33.8 Å². The first-order chi connectivity index (χ1) is 17.7. The Labute approximate surface area is 222 Å². The molecule has 9 heteroatoms. The molecular weight excluding hydrogens is 492 g/mol. The summed E-state index contributed by atoms with van der Waals surface area (Å²) in [6.45, 7) is 11.1. The molecule has 0 radical (unpaired) electrons. The van der Waals surface area contributed by atoms with Gasteiger partial charge in [0.1, 0.15) is 17.0 Å². The molecule has 1 aromatic rings. The summed E-state index contributed by atoms with van der Waals surface area (Å²) < 4.78 is 29.7. The van der Waals surface area contributed by atoms with Crippen molar-refractivity contribution in [2.45, 2.75) is 102 Å². The third-order valence-corrected chi connectivity index (χ3v) is 11.4. The molecule has 5 fully saturated rings. The first-order valence-electron chi connectivity index (χ1n) is 13.5. The lowest BCUT2D eigenvalue weighted by Gasteiger charge is -2.56. The number of furan rings is 1. The molecular formula is C29H38O9. The number of rotatable bonds is 4. The van der Waals surface area contributed by atoms with E-state index in [2.05, 4.69) is 6.92 Å². The second-order valence-electron chi connectivity index (χ2n) is 13.3. The summed E-state index contributed by atoms with van der Waals surface area (Å²) in [5.41, 5.74) is -2.81. The number of carbonyl (C=O) groups is 3. The van der Waals surface area contributed by atoms with Crippen LogP contribution in [-0.2, 0) is 33.3 Å². The smallest absolute Gasteiger partial charge is 0.347 e. The molecule has 5 aliphatic rings. The van der Waals surface area contributed by atoms with Crippen molar-refractivity contribution in [2.75, 3.05) is 7.11 Å². The van der Waals surface area contributed by atoms with Crippen LogP contribution in [0.25, 0.3) is 0 Å². The van der Waals surface area contributed by atoms with Crippen LogP contribution in [0.2, 0.25) is 0 Å². The summed E-state index contributed by atoms with van der Waals surface area (Å²) >= 11 is 0. The van der Waals surface area contributed by atoms with Crippen LogP contribution in [0.15, 0.2) is 23.0 Å². The van der Waals surface area contributed by atoms with Gasteiger partial charge in [-0.3, -0.25) is 9.59 Å². The molecule has 6 rings (SSSR count). The highest BCUT2D eigenvalue weighted by Crippen LogP contribution is 2.81. The third kappa shape index (κ3) is 2.80. The van der Waals surface area contributed by atoms with Crippen LogP contribution in [0.4, 0.5) is 0 Å². The molecule has 1 aromatic heterocycles.